The molecule has 31 heavy (non-hydrogen) atoms. The third-order valence-corrected chi connectivity index (χ3v) is 7.72. The number of fused-ring (bicyclic) bond motifs is 6. The van der Waals surface area contributed by atoms with E-state index in [2.05, 4.69) is 39.5 Å². The van der Waals surface area contributed by atoms with Crippen LogP contribution in [0.2, 0.25) is 0 Å². The zero-order valence-electron chi connectivity index (χ0n) is 17.7. The maximum atomic E-state index is 13.0. The summed E-state index contributed by atoms with van der Waals surface area (Å²) in [6, 6.07) is 8.71. The van der Waals surface area contributed by atoms with Gasteiger partial charge in [0.25, 0.3) is 0 Å². The number of carboxylic acid groups (broad SMARTS) is 1. The van der Waals surface area contributed by atoms with E-state index in [1.807, 2.05) is 0 Å². The van der Waals surface area contributed by atoms with E-state index < -0.39 is 18.0 Å². The monoisotopic (exact) mass is 425 g/mol. The van der Waals surface area contributed by atoms with Gasteiger partial charge >= 0.3 is 5.97 Å². The van der Waals surface area contributed by atoms with Crippen molar-refractivity contribution in [2.75, 3.05) is 19.6 Å². The smallest absolute Gasteiger partial charge is 0.303 e. The number of aliphatic hydroxyl groups is 1. The fourth-order valence-corrected chi connectivity index (χ4v) is 6.27. The number of nitrogens with zero attached hydrogens (tertiary/aromatic N) is 1. The van der Waals surface area contributed by atoms with Gasteiger partial charge in [0.1, 0.15) is 0 Å². The Morgan fingerprint density at radius 2 is 2.06 bits per heavy atom. The van der Waals surface area contributed by atoms with Crippen LogP contribution in [0.1, 0.15) is 49.4 Å². The molecule has 1 aromatic carbocycles. The van der Waals surface area contributed by atoms with Crippen LogP contribution in [-0.4, -0.2) is 57.7 Å². The normalized spacial score (nSPS) is 30.3. The lowest BCUT2D eigenvalue weighted by Crippen LogP contribution is -2.54. The molecule has 3 heterocycles. The first-order valence-corrected chi connectivity index (χ1v) is 11.5. The summed E-state index contributed by atoms with van der Waals surface area (Å²) in [6.45, 7) is 2.35. The van der Waals surface area contributed by atoms with Gasteiger partial charge in [-0.05, 0) is 55.6 Å². The predicted molar refractivity (Wildman–Crippen MR) is 117 cm³/mol. The highest BCUT2D eigenvalue weighted by Gasteiger charge is 2.49. The maximum absolute atomic E-state index is 13.0. The lowest BCUT2D eigenvalue weighted by atomic mass is 9.64. The van der Waals surface area contributed by atoms with Crippen molar-refractivity contribution in [3.05, 3.63) is 35.5 Å². The zero-order valence-corrected chi connectivity index (χ0v) is 17.7. The third kappa shape index (κ3) is 3.74. The Bertz CT molecular complexity index is 986. The van der Waals surface area contributed by atoms with E-state index in [1.54, 1.807) is 0 Å². The molecule has 7 nitrogen and oxygen atoms in total. The molecule has 166 valence electrons. The number of rotatable bonds is 5. The van der Waals surface area contributed by atoms with E-state index in [-0.39, 0.29) is 24.3 Å². The van der Waals surface area contributed by atoms with Gasteiger partial charge in [0, 0.05) is 42.7 Å². The van der Waals surface area contributed by atoms with Crippen molar-refractivity contribution in [1.82, 2.24) is 15.2 Å². The van der Waals surface area contributed by atoms with Crippen LogP contribution >= 0.6 is 0 Å². The Labute approximate surface area is 181 Å². The molecule has 0 bridgehead atoms. The summed E-state index contributed by atoms with van der Waals surface area (Å²) >= 11 is 0. The maximum Gasteiger partial charge on any atom is 0.303 e. The number of para-hydroxylation sites is 1. The van der Waals surface area contributed by atoms with E-state index in [0.717, 1.165) is 32.4 Å². The minimum atomic E-state index is -0.856. The number of aliphatic carboxylic acids is 1. The van der Waals surface area contributed by atoms with Crippen molar-refractivity contribution in [3.63, 3.8) is 0 Å². The third-order valence-electron chi connectivity index (χ3n) is 7.72. The number of aromatic amines is 1. The van der Waals surface area contributed by atoms with Crippen LogP contribution in [0.4, 0.5) is 0 Å². The SMILES string of the molecule is O=C(O)CCCNC(=O)C1[C@H]2C[C@H]3c4[nH]c5ccccc5c4CCN3C[C@@H]2CC[C@@H]1O. The van der Waals surface area contributed by atoms with Gasteiger partial charge in [0.15, 0.2) is 0 Å². The number of piperidine rings is 1. The number of hydrogen-bond acceptors (Lipinski definition) is 4. The van der Waals surface area contributed by atoms with Gasteiger partial charge in [-0.3, -0.25) is 14.5 Å². The fourth-order valence-electron chi connectivity index (χ4n) is 6.27. The molecule has 2 fully saturated rings. The second-order valence-electron chi connectivity index (χ2n) is 9.44. The van der Waals surface area contributed by atoms with Gasteiger partial charge in [-0.1, -0.05) is 18.2 Å². The van der Waals surface area contributed by atoms with E-state index in [4.69, 9.17) is 5.11 Å². The molecule has 3 aliphatic rings. The number of hydrogen-bond donors (Lipinski definition) is 4. The van der Waals surface area contributed by atoms with Gasteiger partial charge in [-0.15, -0.1) is 0 Å². The molecule has 1 saturated carbocycles. The number of aliphatic hydroxyl groups excluding tert-OH is 1. The molecule has 2 aliphatic heterocycles. The van der Waals surface area contributed by atoms with E-state index in [1.165, 1.54) is 22.2 Å². The molecule has 1 amide bonds. The molecule has 1 unspecified atom stereocenters. The Balaban J connectivity index is 1.36. The van der Waals surface area contributed by atoms with Gasteiger partial charge < -0.3 is 20.5 Å². The average Bonchev–Trinajstić information content (AvgIpc) is 3.14. The molecular weight excluding hydrogens is 394 g/mol. The van der Waals surface area contributed by atoms with Crippen LogP contribution in [0.3, 0.4) is 0 Å². The van der Waals surface area contributed by atoms with Crippen LogP contribution in [0.25, 0.3) is 10.9 Å². The molecule has 5 atom stereocenters. The summed E-state index contributed by atoms with van der Waals surface area (Å²) < 4.78 is 0. The molecule has 0 spiro atoms. The molecule has 2 aromatic rings. The number of amides is 1. The number of carbonyl (C=O) groups excluding carboxylic acids is 1. The molecule has 7 heteroatoms. The second kappa shape index (κ2) is 8.28. The Hall–Kier alpha value is -2.38. The quantitative estimate of drug-likeness (QED) is 0.551. The lowest BCUT2D eigenvalue weighted by molar-refractivity contribution is -0.140. The Morgan fingerprint density at radius 1 is 1.23 bits per heavy atom. The van der Waals surface area contributed by atoms with Gasteiger partial charge in [-0.25, -0.2) is 0 Å². The predicted octanol–water partition coefficient (Wildman–Crippen LogP) is 2.46. The van der Waals surface area contributed by atoms with Crippen molar-refractivity contribution < 1.29 is 19.8 Å². The lowest BCUT2D eigenvalue weighted by Gasteiger charge is -2.51. The van der Waals surface area contributed by atoms with Crippen LogP contribution in [0, 0.1) is 17.8 Å². The number of benzene rings is 1. The van der Waals surface area contributed by atoms with Gasteiger partial charge in [0.2, 0.25) is 5.91 Å². The summed E-state index contributed by atoms with van der Waals surface area (Å²) in [5.41, 5.74) is 3.86. The molecule has 4 N–H and O–H groups in total. The van der Waals surface area contributed by atoms with Crippen molar-refractivity contribution in [3.8, 4) is 0 Å². The highest BCUT2D eigenvalue weighted by molar-refractivity contribution is 5.85. The highest BCUT2D eigenvalue weighted by atomic mass is 16.4. The largest absolute Gasteiger partial charge is 0.481 e. The van der Waals surface area contributed by atoms with Crippen LogP contribution < -0.4 is 5.32 Å². The number of H-pyrrole nitrogens is 1. The molecular formula is C24H31N3O4. The van der Waals surface area contributed by atoms with Gasteiger partial charge in [-0.2, -0.15) is 0 Å². The standard InChI is InChI=1S/C24H31N3O4/c28-20-8-7-14-13-27-11-9-16-15-4-1-2-5-18(15)26-23(16)19(27)12-17(14)22(20)24(31)25-10-3-6-21(29)30/h1-2,4-5,14,17,19-20,22,26,28H,3,6-13H2,(H,25,31)(H,29,30)/t14-,17-,19-,20-,22?/m0/s1. The van der Waals surface area contributed by atoms with Crippen molar-refractivity contribution in [1.29, 1.82) is 0 Å². The summed E-state index contributed by atoms with van der Waals surface area (Å²) in [4.78, 5) is 30.0. The van der Waals surface area contributed by atoms with Crippen LogP contribution in [0.5, 0.6) is 0 Å². The van der Waals surface area contributed by atoms with Crippen molar-refractivity contribution in [2.24, 2.45) is 17.8 Å². The summed E-state index contributed by atoms with van der Waals surface area (Å²) in [5, 5.41) is 23.8. The minimum Gasteiger partial charge on any atom is -0.481 e. The van der Waals surface area contributed by atoms with E-state index >= 15 is 0 Å². The zero-order chi connectivity index (χ0) is 21.5. The highest BCUT2D eigenvalue weighted by Crippen LogP contribution is 2.49. The number of carbonyl (C=O) groups is 2. The minimum absolute atomic E-state index is 0.0414. The molecule has 5 rings (SSSR count). The first-order valence-electron chi connectivity index (χ1n) is 11.5. The number of aromatic nitrogens is 1. The second-order valence-corrected chi connectivity index (χ2v) is 9.44. The molecule has 1 saturated heterocycles. The Morgan fingerprint density at radius 3 is 2.90 bits per heavy atom. The summed E-state index contributed by atoms with van der Waals surface area (Å²) in [7, 11) is 0. The molecule has 0 radical (unpaired) electrons. The first kappa shape index (κ1) is 20.5. The Kier molecular flexibility index (Phi) is 5.48. The number of carboxylic acids is 1. The molecule has 1 aromatic heterocycles. The summed E-state index contributed by atoms with van der Waals surface area (Å²) in [5.74, 6) is -0.831. The fraction of sp³-hybridized carbons (Fsp3) is 0.583. The summed E-state index contributed by atoms with van der Waals surface area (Å²) in [6.07, 6.45) is 3.35. The average molecular weight is 426 g/mol. The van der Waals surface area contributed by atoms with E-state index in [0.29, 0.717) is 25.3 Å². The first-order chi connectivity index (χ1) is 15.0. The topological polar surface area (TPSA) is 106 Å². The van der Waals surface area contributed by atoms with Gasteiger partial charge in [0.05, 0.1) is 18.1 Å². The molecule has 1 aliphatic carbocycles. The van der Waals surface area contributed by atoms with Crippen LogP contribution in [-0.2, 0) is 16.0 Å². The van der Waals surface area contributed by atoms with Crippen LogP contribution in [0.15, 0.2) is 24.3 Å². The number of nitrogens with one attached hydrogen (secondary N) is 2. The van der Waals surface area contributed by atoms with E-state index in [9.17, 15) is 14.7 Å². The van der Waals surface area contributed by atoms with Crippen molar-refractivity contribution in [2.45, 2.75) is 50.7 Å². The van der Waals surface area contributed by atoms with Crippen molar-refractivity contribution >= 4 is 22.8 Å².